The van der Waals surface area contributed by atoms with Gasteiger partial charge in [0.1, 0.15) is 0 Å². The summed E-state index contributed by atoms with van der Waals surface area (Å²) in [4.78, 5) is 14.3. The summed E-state index contributed by atoms with van der Waals surface area (Å²) in [6.45, 7) is 2.13. The third kappa shape index (κ3) is 2.13. The number of nitrogens with zero attached hydrogens (tertiary/aromatic N) is 2. The molecule has 4 heteroatoms. The zero-order chi connectivity index (χ0) is 15.0. The highest BCUT2D eigenvalue weighted by atomic mass is 16.2. The van der Waals surface area contributed by atoms with E-state index in [1.807, 2.05) is 49.4 Å². The number of benzene rings is 2. The molecule has 21 heavy (non-hydrogen) atoms. The fraction of sp³-hybridized carbons (Fsp3) is 0.176. The molecule has 1 amide bonds. The number of hydrogen-bond acceptors (Lipinski definition) is 3. The van der Waals surface area contributed by atoms with Gasteiger partial charge in [-0.15, -0.1) is 0 Å². The van der Waals surface area contributed by atoms with Crippen LogP contribution in [0.5, 0.6) is 0 Å². The van der Waals surface area contributed by atoms with Gasteiger partial charge in [-0.2, -0.15) is 5.26 Å². The number of nitrogens with two attached hydrogens (primary N) is 1. The first-order chi connectivity index (χ1) is 10.1. The second-order valence-corrected chi connectivity index (χ2v) is 5.22. The Hall–Kier alpha value is -2.80. The van der Waals surface area contributed by atoms with E-state index in [9.17, 15) is 4.79 Å². The van der Waals surface area contributed by atoms with E-state index in [0.29, 0.717) is 16.8 Å². The van der Waals surface area contributed by atoms with Crippen LogP contribution in [0.25, 0.3) is 10.8 Å². The van der Waals surface area contributed by atoms with Gasteiger partial charge in [0, 0.05) is 11.3 Å². The molecule has 4 nitrogen and oxygen atoms in total. The van der Waals surface area contributed by atoms with Gasteiger partial charge in [0.15, 0.2) is 0 Å². The Labute approximate surface area is 123 Å². The number of carbonyl (C=O) groups excluding carboxylic acids is 1. The molecule has 1 aliphatic heterocycles. The summed E-state index contributed by atoms with van der Waals surface area (Å²) >= 11 is 0. The summed E-state index contributed by atoms with van der Waals surface area (Å²) in [5.41, 5.74) is 7.49. The first-order valence-corrected chi connectivity index (χ1v) is 6.80. The summed E-state index contributed by atoms with van der Waals surface area (Å²) in [5, 5.41) is 11.2. The number of amides is 1. The lowest BCUT2D eigenvalue weighted by molar-refractivity contribution is 0.0753. The van der Waals surface area contributed by atoms with Crippen LogP contribution in [0.3, 0.4) is 0 Å². The van der Waals surface area contributed by atoms with E-state index in [2.05, 4.69) is 6.07 Å². The third-order valence-corrected chi connectivity index (χ3v) is 3.99. The van der Waals surface area contributed by atoms with E-state index in [1.165, 1.54) is 0 Å². The quantitative estimate of drug-likeness (QED) is 0.870. The average molecular weight is 277 g/mol. The highest BCUT2D eigenvalue weighted by molar-refractivity contribution is 5.99. The summed E-state index contributed by atoms with van der Waals surface area (Å²) in [5.74, 6) is -0.0959. The Morgan fingerprint density at radius 3 is 2.67 bits per heavy atom. The van der Waals surface area contributed by atoms with Gasteiger partial charge in [-0.3, -0.25) is 4.79 Å². The van der Waals surface area contributed by atoms with Crippen LogP contribution < -0.4 is 5.73 Å². The molecule has 2 aromatic rings. The predicted molar refractivity (Wildman–Crippen MR) is 81.3 cm³/mol. The lowest BCUT2D eigenvalue weighted by Gasteiger charge is -2.22. The molecule has 0 aromatic heterocycles. The second kappa shape index (κ2) is 4.95. The lowest BCUT2D eigenvalue weighted by Crippen LogP contribution is -2.36. The van der Waals surface area contributed by atoms with Gasteiger partial charge in [0.05, 0.1) is 24.2 Å². The smallest absolute Gasteiger partial charge is 0.254 e. The Balaban J connectivity index is 1.93. The molecular weight excluding hydrogens is 262 g/mol. The molecule has 1 atom stereocenters. The molecule has 0 spiro atoms. The summed E-state index contributed by atoms with van der Waals surface area (Å²) in [7, 11) is 0. The molecular formula is C17H15N3O. The molecule has 0 saturated carbocycles. The van der Waals surface area contributed by atoms with Crippen molar-refractivity contribution in [3.05, 3.63) is 59.3 Å². The zero-order valence-electron chi connectivity index (χ0n) is 11.7. The van der Waals surface area contributed by atoms with Crippen LogP contribution >= 0.6 is 0 Å². The first-order valence-electron chi connectivity index (χ1n) is 6.80. The van der Waals surface area contributed by atoms with E-state index in [4.69, 9.17) is 11.0 Å². The van der Waals surface area contributed by atoms with E-state index in [1.54, 1.807) is 4.90 Å². The fourth-order valence-corrected chi connectivity index (χ4v) is 2.65. The van der Waals surface area contributed by atoms with Gasteiger partial charge in [0.25, 0.3) is 5.91 Å². The Bertz CT molecular complexity index is 801. The predicted octanol–water partition coefficient (Wildman–Crippen LogP) is 2.42. The maximum Gasteiger partial charge on any atom is 0.254 e. The minimum absolute atomic E-state index is 0.0959. The van der Waals surface area contributed by atoms with Crippen LogP contribution in [0.4, 0.5) is 0 Å². The largest absolute Gasteiger partial charge is 0.399 e. The Morgan fingerprint density at radius 1 is 1.29 bits per heavy atom. The summed E-state index contributed by atoms with van der Waals surface area (Å²) in [6, 6.07) is 15.4. The topological polar surface area (TPSA) is 70.1 Å². The van der Waals surface area contributed by atoms with E-state index in [0.717, 1.165) is 10.8 Å². The highest BCUT2D eigenvalue weighted by Gasteiger charge is 2.31. The maximum absolute atomic E-state index is 12.6. The molecule has 0 fully saturated rings. The molecule has 1 heterocycles. The normalized spacial score (nSPS) is 18.1. The SMILES string of the molecule is CC1C(N)=C(C#N)CN1C(=O)c1ccc2ccccc2c1. The number of carbonyl (C=O) groups is 1. The molecule has 0 radical (unpaired) electrons. The van der Waals surface area contributed by atoms with Gasteiger partial charge in [-0.05, 0) is 29.8 Å². The van der Waals surface area contributed by atoms with Crippen LogP contribution in [-0.2, 0) is 0 Å². The fourth-order valence-electron chi connectivity index (χ4n) is 2.65. The maximum atomic E-state index is 12.6. The van der Waals surface area contributed by atoms with Gasteiger partial charge >= 0.3 is 0 Å². The molecule has 0 saturated heterocycles. The van der Waals surface area contributed by atoms with Gasteiger partial charge in [-0.1, -0.05) is 30.3 Å². The van der Waals surface area contributed by atoms with Crippen molar-refractivity contribution in [2.75, 3.05) is 6.54 Å². The Kier molecular flexibility index (Phi) is 3.11. The Morgan fingerprint density at radius 2 is 2.00 bits per heavy atom. The number of fused-ring (bicyclic) bond motifs is 1. The van der Waals surface area contributed by atoms with Crippen molar-refractivity contribution < 1.29 is 4.79 Å². The van der Waals surface area contributed by atoms with E-state index < -0.39 is 0 Å². The standard InChI is InChI=1S/C17H15N3O/c1-11-16(19)15(9-18)10-20(11)17(21)14-7-6-12-4-2-3-5-13(12)8-14/h2-8,11H,10,19H2,1H3. The van der Waals surface area contributed by atoms with Gasteiger partial charge in [0.2, 0.25) is 0 Å². The van der Waals surface area contributed by atoms with Crippen molar-refractivity contribution in [1.29, 1.82) is 5.26 Å². The zero-order valence-corrected chi connectivity index (χ0v) is 11.7. The summed E-state index contributed by atoms with van der Waals surface area (Å²) in [6.07, 6.45) is 0. The monoisotopic (exact) mass is 277 g/mol. The number of rotatable bonds is 1. The molecule has 104 valence electrons. The van der Waals surface area contributed by atoms with Crippen LogP contribution in [0.2, 0.25) is 0 Å². The van der Waals surface area contributed by atoms with Gasteiger partial charge < -0.3 is 10.6 Å². The first kappa shape index (κ1) is 13.2. The highest BCUT2D eigenvalue weighted by Crippen LogP contribution is 2.24. The third-order valence-electron chi connectivity index (χ3n) is 3.99. The second-order valence-electron chi connectivity index (χ2n) is 5.22. The van der Waals surface area contributed by atoms with Crippen molar-refractivity contribution in [2.24, 2.45) is 5.73 Å². The minimum atomic E-state index is -0.237. The van der Waals surface area contributed by atoms with Crippen LogP contribution in [0.1, 0.15) is 17.3 Å². The lowest BCUT2D eigenvalue weighted by atomic mass is 10.1. The summed E-state index contributed by atoms with van der Waals surface area (Å²) < 4.78 is 0. The van der Waals surface area contributed by atoms with E-state index >= 15 is 0 Å². The number of nitriles is 1. The van der Waals surface area contributed by atoms with Crippen molar-refractivity contribution in [3.63, 3.8) is 0 Å². The molecule has 0 bridgehead atoms. The van der Waals surface area contributed by atoms with Crippen LogP contribution in [0.15, 0.2) is 53.7 Å². The van der Waals surface area contributed by atoms with Crippen molar-refractivity contribution >= 4 is 16.7 Å². The molecule has 1 aliphatic rings. The average Bonchev–Trinajstić information content (AvgIpc) is 2.81. The molecule has 0 aliphatic carbocycles. The minimum Gasteiger partial charge on any atom is -0.399 e. The van der Waals surface area contributed by atoms with Crippen LogP contribution in [0, 0.1) is 11.3 Å². The van der Waals surface area contributed by atoms with Crippen molar-refractivity contribution in [1.82, 2.24) is 4.90 Å². The number of hydrogen-bond donors (Lipinski definition) is 1. The van der Waals surface area contributed by atoms with Crippen molar-refractivity contribution in [2.45, 2.75) is 13.0 Å². The van der Waals surface area contributed by atoms with Crippen molar-refractivity contribution in [3.8, 4) is 6.07 Å². The molecule has 1 unspecified atom stereocenters. The molecule has 2 aromatic carbocycles. The van der Waals surface area contributed by atoms with E-state index in [-0.39, 0.29) is 18.5 Å². The van der Waals surface area contributed by atoms with Crippen LogP contribution in [-0.4, -0.2) is 23.4 Å². The molecule has 2 N–H and O–H groups in total. The van der Waals surface area contributed by atoms with Gasteiger partial charge in [-0.25, -0.2) is 0 Å². The molecule has 3 rings (SSSR count).